The molecule has 0 aliphatic heterocycles. The predicted octanol–water partition coefficient (Wildman–Crippen LogP) is -0.783. The van der Waals surface area contributed by atoms with Crippen molar-refractivity contribution in [2.75, 3.05) is 13.6 Å². The molecule has 0 aromatic rings. The van der Waals surface area contributed by atoms with Crippen LogP contribution in [0, 0.1) is 5.92 Å². The highest BCUT2D eigenvalue weighted by molar-refractivity contribution is 5.92. The number of carbonyl (C=O) groups excluding carboxylic acids is 4. The average Bonchev–Trinajstić information content (AvgIpc) is 2.53. The lowest BCUT2D eigenvalue weighted by molar-refractivity contribution is -0.132. The molecular formula is C15H29N5O4. The van der Waals surface area contributed by atoms with Crippen molar-refractivity contribution in [3.63, 3.8) is 0 Å². The van der Waals surface area contributed by atoms with Crippen molar-refractivity contribution >= 4 is 23.8 Å². The molecule has 2 atom stereocenters. The highest BCUT2D eigenvalue weighted by atomic mass is 16.2. The first-order valence-corrected chi connectivity index (χ1v) is 8.07. The molecule has 0 heterocycles. The Morgan fingerprint density at radius 2 is 1.67 bits per heavy atom. The van der Waals surface area contributed by atoms with Gasteiger partial charge >= 0.3 is 6.03 Å². The fourth-order valence-electron chi connectivity index (χ4n) is 2.03. The molecule has 9 nitrogen and oxygen atoms in total. The quantitative estimate of drug-likeness (QED) is 0.331. The Hall–Kier alpha value is -2.32. The molecule has 24 heavy (non-hydrogen) atoms. The summed E-state index contributed by atoms with van der Waals surface area (Å²) in [4.78, 5) is 46.5. The van der Waals surface area contributed by atoms with Crippen LogP contribution >= 0.6 is 0 Å². The molecule has 0 radical (unpaired) electrons. The molecule has 9 heteroatoms. The van der Waals surface area contributed by atoms with Crippen LogP contribution in [0.5, 0.6) is 0 Å². The van der Waals surface area contributed by atoms with Crippen LogP contribution in [0.3, 0.4) is 0 Å². The van der Waals surface area contributed by atoms with Crippen molar-refractivity contribution in [2.45, 2.75) is 52.1 Å². The van der Waals surface area contributed by atoms with Crippen molar-refractivity contribution in [3.05, 3.63) is 0 Å². The molecule has 0 aromatic heterocycles. The molecule has 0 spiro atoms. The van der Waals surface area contributed by atoms with Crippen molar-refractivity contribution in [2.24, 2.45) is 11.7 Å². The standard InChI is InChI=1S/C15H29N5O4/c1-5-11(21)20-12(9(2)3)14(23)19-10(13(22)17-4)7-6-8-18-15(16)24/h9-10,12H,5-8H2,1-4H3,(H,17,22)(H,19,23)(H,20,21)(H3,16,18,24)/t10-,12-/m0/s1. The maximum atomic E-state index is 12.4. The maximum absolute atomic E-state index is 12.4. The van der Waals surface area contributed by atoms with Gasteiger partial charge < -0.3 is 27.0 Å². The van der Waals surface area contributed by atoms with E-state index >= 15 is 0 Å². The van der Waals surface area contributed by atoms with Gasteiger partial charge in [-0.05, 0) is 18.8 Å². The van der Waals surface area contributed by atoms with Crippen molar-refractivity contribution in [1.82, 2.24) is 21.3 Å². The number of nitrogens with two attached hydrogens (primary N) is 1. The molecule has 0 aliphatic rings. The Morgan fingerprint density at radius 3 is 2.12 bits per heavy atom. The van der Waals surface area contributed by atoms with Gasteiger partial charge in [0.1, 0.15) is 12.1 Å². The van der Waals surface area contributed by atoms with E-state index in [-0.39, 0.29) is 24.2 Å². The fourth-order valence-corrected chi connectivity index (χ4v) is 2.03. The number of hydrogen-bond acceptors (Lipinski definition) is 4. The zero-order chi connectivity index (χ0) is 18.7. The van der Waals surface area contributed by atoms with Gasteiger partial charge in [0.2, 0.25) is 17.7 Å². The third kappa shape index (κ3) is 8.35. The second-order valence-corrected chi connectivity index (χ2v) is 5.75. The van der Waals surface area contributed by atoms with Crippen LogP contribution in [-0.4, -0.2) is 49.4 Å². The molecule has 0 bridgehead atoms. The van der Waals surface area contributed by atoms with Crippen molar-refractivity contribution in [3.8, 4) is 0 Å². The van der Waals surface area contributed by atoms with E-state index in [0.29, 0.717) is 19.4 Å². The van der Waals surface area contributed by atoms with Gasteiger partial charge in [0.25, 0.3) is 0 Å². The number of urea groups is 1. The molecular weight excluding hydrogens is 314 g/mol. The molecule has 0 aliphatic carbocycles. The lowest BCUT2D eigenvalue weighted by atomic mass is 10.0. The highest BCUT2D eigenvalue weighted by Crippen LogP contribution is 2.05. The first-order valence-electron chi connectivity index (χ1n) is 8.07. The second kappa shape index (κ2) is 11.3. The number of hydrogen-bond donors (Lipinski definition) is 5. The zero-order valence-corrected chi connectivity index (χ0v) is 14.8. The average molecular weight is 343 g/mol. The second-order valence-electron chi connectivity index (χ2n) is 5.75. The summed E-state index contributed by atoms with van der Waals surface area (Å²) in [6, 6.07) is -2.11. The van der Waals surface area contributed by atoms with E-state index in [9.17, 15) is 19.2 Å². The Kier molecular flexibility index (Phi) is 10.2. The largest absolute Gasteiger partial charge is 0.357 e. The highest BCUT2D eigenvalue weighted by Gasteiger charge is 2.27. The minimum Gasteiger partial charge on any atom is -0.357 e. The molecule has 0 fully saturated rings. The van der Waals surface area contributed by atoms with E-state index in [0.717, 1.165) is 0 Å². The molecule has 0 saturated heterocycles. The number of likely N-dealkylation sites (N-methyl/N-ethyl adjacent to an activating group) is 1. The number of rotatable bonds is 10. The Labute approximate surface area is 142 Å². The number of carbonyl (C=O) groups is 4. The summed E-state index contributed by atoms with van der Waals surface area (Å²) in [7, 11) is 1.47. The summed E-state index contributed by atoms with van der Waals surface area (Å²) in [5.74, 6) is -1.11. The molecule has 0 aromatic carbocycles. The van der Waals surface area contributed by atoms with E-state index in [4.69, 9.17) is 5.73 Å². The third-order valence-corrected chi connectivity index (χ3v) is 3.43. The Bertz CT molecular complexity index is 453. The SMILES string of the molecule is CCC(=O)N[C@H](C(=O)N[C@@H](CCCNC(N)=O)C(=O)NC)C(C)C. The normalized spacial score (nSPS) is 12.9. The zero-order valence-electron chi connectivity index (χ0n) is 14.8. The van der Waals surface area contributed by atoms with Crippen LogP contribution in [0.4, 0.5) is 4.79 Å². The number of nitrogens with one attached hydrogen (secondary N) is 4. The Balaban J connectivity index is 4.78. The first-order chi connectivity index (χ1) is 11.2. The van der Waals surface area contributed by atoms with Crippen LogP contribution in [0.1, 0.15) is 40.0 Å². The van der Waals surface area contributed by atoms with E-state index in [1.165, 1.54) is 7.05 Å². The smallest absolute Gasteiger partial charge is 0.312 e. The fraction of sp³-hybridized carbons (Fsp3) is 0.733. The minimum absolute atomic E-state index is 0.123. The maximum Gasteiger partial charge on any atom is 0.312 e. The van der Waals surface area contributed by atoms with Crippen LogP contribution in [0.15, 0.2) is 0 Å². The van der Waals surface area contributed by atoms with Crippen LogP contribution in [0.2, 0.25) is 0 Å². The third-order valence-electron chi connectivity index (χ3n) is 3.43. The van der Waals surface area contributed by atoms with Crippen molar-refractivity contribution < 1.29 is 19.2 Å². The molecule has 138 valence electrons. The van der Waals surface area contributed by atoms with Gasteiger partial charge in [0.15, 0.2) is 0 Å². The summed E-state index contributed by atoms with van der Waals surface area (Å²) in [6.45, 7) is 5.63. The molecule has 0 rings (SSSR count). The molecule has 5 amide bonds. The lowest BCUT2D eigenvalue weighted by Gasteiger charge is -2.25. The summed E-state index contributed by atoms with van der Waals surface area (Å²) in [5.41, 5.74) is 4.97. The topological polar surface area (TPSA) is 142 Å². The predicted molar refractivity (Wildman–Crippen MR) is 89.9 cm³/mol. The summed E-state index contributed by atoms with van der Waals surface area (Å²) < 4.78 is 0. The van der Waals surface area contributed by atoms with Gasteiger partial charge in [0.05, 0.1) is 0 Å². The van der Waals surface area contributed by atoms with Crippen LogP contribution < -0.4 is 27.0 Å². The number of primary amides is 1. The van der Waals surface area contributed by atoms with Gasteiger partial charge in [-0.15, -0.1) is 0 Å². The van der Waals surface area contributed by atoms with Gasteiger partial charge in [-0.1, -0.05) is 20.8 Å². The van der Waals surface area contributed by atoms with E-state index < -0.39 is 24.0 Å². The van der Waals surface area contributed by atoms with Gasteiger partial charge in [0, 0.05) is 20.0 Å². The van der Waals surface area contributed by atoms with E-state index in [2.05, 4.69) is 21.3 Å². The summed E-state index contributed by atoms with van der Waals surface area (Å²) in [6.07, 6.45) is 1.07. The first kappa shape index (κ1) is 21.7. The number of amides is 5. The van der Waals surface area contributed by atoms with Gasteiger partial charge in [-0.25, -0.2) is 4.79 Å². The van der Waals surface area contributed by atoms with Gasteiger partial charge in [-0.3, -0.25) is 14.4 Å². The minimum atomic E-state index is -0.753. The Morgan fingerprint density at radius 1 is 1.04 bits per heavy atom. The monoisotopic (exact) mass is 343 g/mol. The summed E-state index contributed by atoms with van der Waals surface area (Å²) >= 11 is 0. The molecule has 0 saturated carbocycles. The molecule has 6 N–H and O–H groups in total. The molecule has 0 unspecified atom stereocenters. The van der Waals surface area contributed by atoms with E-state index in [1.54, 1.807) is 6.92 Å². The van der Waals surface area contributed by atoms with Crippen molar-refractivity contribution in [1.29, 1.82) is 0 Å². The van der Waals surface area contributed by atoms with Gasteiger partial charge in [-0.2, -0.15) is 0 Å². The van der Waals surface area contributed by atoms with Crippen LogP contribution in [-0.2, 0) is 14.4 Å². The van der Waals surface area contributed by atoms with Crippen LogP contribution in [0.25, 0.3) is 0 Å². The summed E-state index contributed by atoms with van der Waals surface area (Å²) in [5, 5.41) is 10.2. The van der Waals surface area contributed by atoms with E-state index in [1.807, 2.05) is 13.8 Å². The lowest BCUT2D eigenvalue weighted by Crippen LogP contribution is -2.55.